The molecule has 3 nitrogen and oxygen atoms in total. The molecule has 0 radical (unpaired) electrons. The number of nitrogens with one attached hydrogen (secondary N) is 1. The van der Waals surface area contributed by atoms with Gasteiger partial charge >= 0.3 is 0 Å². The molecule has 1 aromatic heterocycles. The lowest BCUT2D eigenvalue weighted by Crippen LogP contribution is -2.05. The van der Waals surface area contributed by atoms with Crippen LogP contribution in [-0.2, 0) is 0 Å². The Balaban J connectivity index is 1.79. The predicted molar refractivity (Wildman–Crippen MR) is 85.9 cm³/mol. The number of ether oxygens (including phenoxy) is 1. The van der Waals surface area contributed by atoms with Gasteiger partial charge in [-0.1, -0.05) is 24.3 Å². The van der Waals surface area contributed by atoms with Crippen LogP contribution in [0.15, 0.2) is 59.0 Å². The monoisotopic (exact) mass is 281 g/mol. The van der Waals surface area contributed by atoms with Crippen LogP contribution in [0.3, 0.4) is 0 Å². The van der Waals surface area contributed by atoms with Gasteiger partial charge in [-0.3, -0.25) is 0 Å². The molecule has 0 spiro atoms. The molecule has 1 N–H and O–H groups in total. The summed E-state index contributed by atoms with van der Waals surface area (Å²) in [7, 11) is 0. The third kappa shape index (κ3) is 3.02. The van der Waals surface area contributed by atoms with Gasteiger partial charge in [-0.25, -0.2) is 0 Å². The molecule has 0 fully saturated rings. The smallest absolute Gasteiger partial charge is 0.134 e. The molecule has 3 rings (SSSR count). The highest BCUT2D eigenvalue weighted by Crippen LogP contribution is 2.27. The number of rotatable bonds is 5. The Morgan fingerprint density at radius 3 is 2.76 bits per heavy atom. The summed E-state index contributed by atoms with van der Waals surface area (Å²) in [4.78, 5) is 0. The molecule has 0 aliphatic rings. The van der Waals surface area contributed by atoms with Gasteiger partial charge in [0.2, 0.25) is 0 Å². The SMILES string of the molecule is CCOc1cccc(NC(C)c2cc3ccccc3o2)c1. The Morgan fingerprint density at radius 1 is 1.10 bits per heavy atom. The van der Waals surface area contributed by atoms with Gasteiger partial charge < -0.3 is 14.5 Å². The molecule has 108 valence electrons. The predicted octanol–water partition coefficient (Wildman–Crippen LogP) is 5.00. The number of hydrogen-bond donors (Lipinski definition) is 1. The molecular formula is C18H19NO2. The average molecular weight is 281 g/mol. The van der Waals surface area contributed by atoms with Gasteiger partial charge in [0.15, 0.2) is 0 Å². The molecular weight excluding hydrogens is 262 g/mol. The molecule has 1 heterocycles. The molecule has 3 heteroatoms. The fourth-order valence-electron chi connectivity index (χ4n) is 2.38. The van der Waals surface area contributed by atoms with Crippen molar-refractivity contribution < 1.29 is 9.15 Å². The van der Waals surface area contributed by atoms with Gasteiger partial charge in [-0.2, -0.15) is 0 Å². The zero-order chi connectivity index (χ0) is 14.7. The Kier molecular flexibility index (Phi) is 3.82. The second-order valence-corrected chi connectivity index (χ2v) is 5.01. The van der Waals surface area contributed by atoms with E-state index in [0.29, 0.717) is 6.61 Å². The molecule has 0 saturated heterocycles. The van der Waals surface area contributed by atoms with E-state index in [9.17, 15) is 0 Å². The maximum atomic E-state index is 5.89. The van der Waals surface area contributed by atoms with E-state index in [-0.39, 0.29) is 6.04 Å². The lowest BCUT2D eigenvalue weighted by molar-refractivity contribution is 0.340. The Morgan fingerprint density at radius 2 is 1.95 bits per heavy atom. The quantitative estimate of drug-likeness (QED) is 0.714. The second-order valence-electron chi connectivity index (χ2n) is 5.01. The van der Waals surface area contributed by atoms with Crippen molar-refractivity contribution >= 4 is 16.7 Å². The van der Waals surface area contributed by atoms with E-state index in [0.717, 1.165) is 28.2 Å². The lowest BCUT2D eigenvalue weighted by atomic mass is 10.2. The summed E-state index contributed by atoms with van der Waals surface area (Å²) in [5.74, 6) is 1.80. The minimum Gasteiger partial charge on any atom is -0.494 e. The third-order valence-corrected chi connectivity index (χ3v) is 3.40. The molecule has 2 aromatic carbocycles. The Hall–Kier alpha value is -2.42. The molecule has 3 aromatic rings. The lowest BCUT2D eigenvalue weighted by Gasteiger charge is -2.13. The van der Waals surface area contributed by atoms with Crippen molar-refractivity contribution in [3.8, 4) is 5.75 Å². The summed E-state index contributed by atoms with van der Waals surface area (Å²) in [6.45, 7) is 4.74. The van der Waals surface area contributed by atoms with Crippen molar-refractivity contribution in [2.75, 3.05) is 11.9 Å². The summed E-state index contributed by atoms with van der Waals surface area (Å²) >= 11 is 0. The molecule has 0 bridgehead atoms. The van der Waals surface area contributed by atoms with Crippen LogP contribution in [0.1, 0.15) is 25.6 Å². The van der Waals surface area contributed by atoms with E-state index in [1.807, 2.05) is 49.4 Å². The van der Waals surface area contributed by atoms with Crippen LogP contribution in [0.5, 0.6) is 5.75 Å². The van der Waals surface area contributed by atoms with Crippen molar-refractivity contribution in [1.29, 1.82) is 0 Å². The highest BCUT2D eigenvalue weighted by Gasteiger charge is 2.11. The first-order valence-corrected chi connectivity index (χ1v) is 7.24. The van der Waals surface area contributed by atoms with Crippen LogP contribution in [0, 0.1) is 0 Å². The van der Waals surface area contributed by atoms with Crippen LogP contribution in [-0.4, -0.2) is 6.61 Å². The van der Waals surface area contributed by atoms with Gasteiger partial charge in [0, 0.05) is 17.1 Å². The number of para-hydroxylation sites is 1. The number of anilines is 1. The van der Waals surface area contributed by atoms with E-state index in [2.05, 4.69) is 24.4 Å². The maximum absolute atomic E-state index is 5.89. The van der Waals surface area contributed by atoms with Gasteiger partial charge in [0.05, 0.1) is 12.6 Å². The van der Waals surface area contributed by atoms with Gasteiger partial charge in [-0.15, -0.1) is 0 Å². The van der Waals surface area contributed by atoms with Crippen LogP contribution in [0.25, 0.3) is 11.0 Å². The van der Waals surface area contributed by atoms with Crippen molar-refractivity contribution in [3.63, 3.8) is 0 Å². The number of hydrogen-bond acceptors (Lipinski definition) is 3. The average Bonchev–Trinajstić information content (AvgIpc) is 2.92. The first kappa shape index (κ1) is 13.6. The first-order valence-electron chi connectivity index (χ1n) is 7.24. The standard InChI is InChI=1S/C18H19NO2/c1-3-20-16-9-6-8-15(12-16)19-13(2)18-11-14-7-4-5-10-17(14)21-18/h4-13,19H,3H2,1-2H3. The molecule has 1 unspecified atom stereocenters. The van der Waals surface area contributed by atoms with Crippen molar-refractivity contribution in [1.82, 2.24) is 0 Å². The van der Waals surface area contributed by atoms with Gasteiger partial charge in [0.1, 0.15) is 17.1 Å². The van der Waals surface area contributed by atoms with E-state index < -0.39 is 0 Å². The highest BCUT2D eigenvalue weighted by atomic mass is 16.5. The zero-order valence-electron chi connectivity index (χ0n) is 12.3. The molecule has 0 saturated carbocycles. The molecule has 21 heavy (non-hydrogen) atoms. The Labute approximate surface area is 124 Å². The zero-order valence-corrected chi connectivity index (χ0v) is 12.3. The maximum Gasteiger partial charge on any atom is 0.134 e. The fraction of sp³-hybridized carbons (Fsp3) is 0.222. The summed E-state index contributed by atoms with van der Waals surface area (Å²) in [6.07, 6.45) is 0. The van der Waals surface area contributed by atoms with Gasteiger partial charge in [-0.05, 0) is 38.1 Å². The second kappa shape index (κ2) is 5.92. The summed E-state index contributed by atoms with van der Waals surface area (Å²) in [5, 5.41) is 4.57. The molecule has 0 aliphatic carbocycles. The fourth-order valence-corrected chi connectivity index (χ4v) is 2.38. The molecule has 0 amide bonds. The summed E-state index contributed by atoms with van der Waals surface area (Å²) in [6, 6.07) is 18.2. The topological polar surface area (TPSA) is 34.4 Å². The number of fused-ring (bicyclic) bond motifs is 1. The van der Waals surface area contributed by atoms with Crippen LogP contribution in [0.2, 0.25) is 0 Å². The van der Waals surface area contributed by atoms with Crippen molar-refractivity contribution in [3.05, 3.63) is 60.4 Å². The normalized spacial score (nSPS) is 12.3. The largest absolute Gasteiger partial charge is 0.494 e. The molecule has 1 atom stereocenters. The summed E-state index contributed by atoms with van der Waals surface area (Å²) < 4.78 is 11.4. The number of benzene rings is 2. The summed E-state index contributed by atoms with van der Waals surface area (Å²) in [5.41, 5.74) is 1.94. The van der Waals surface area contributed by atoms with Gasteiger partial charge in [0.25, 0.3) is 0 Å². The van der Waals surface area contributed by atoms with E-state index in [4.69, 9.17) is 9.15 Å². The minimum absolute atomic E-state index is 0.0919. The highest BCUT2D eigenvalue weighted by molar-refractivity contribution is 5.77. The first-order chi connectivity index (χ1) is 10.3. The molecule has 0 aliphatic heterocycles. The van der Waals surface area contributed by atoms with Crippen LogP contribution in [0.4, 0.5) is 5.69 Å². The van der Waals surface area contributed by atoms with E-state index in [1.54, 1.807) is 0 Å². The van der Waals surface area contributed by atoms with Crippen LogP contribution < -0.4 is 10.1 Å². The van der Waals surface area contributed by atoms with Crippen LogP contribution >= 0.6 is 0 Å². The number of furan rings is 1. The van der Waals surface area contributed by atoms with E-state index >= 15 is 0 Å². The van der Waals surface area contributed by atoms with E-state index in [1.165, 1.54) is 0 Å². The third-order valence-electron chi connectivity index (χ3n) is 3.40. The Bertz CT molecular complexity index is 700. The van der Waals surface area contributed by atoms with Crippen molar-refractivity contribution in [2.45, 2.75) is 19.9 Å². The van der Waals surface area contributed by atoms with Crippen molar-refractivity contribution in [2.24, 2.45) is 0 Å². The minimum atomic E-state index is 0.0919.